The number of aromatic nitrogens is 1. The molecule has 2 aromatic rings. The molecule has 1 aliphatic heterocycles. The van der Waals surface area contributed by atoms with E-state index in [9.17, 15) is 8.78 Å². The molecule has 5 heteroatoms. The lowest BCUT2D eigenvalue weighted by Crippen LogP contribution is -2.12. The molecule has 1 saturated heterocycles. The molecule has 18 heavy (non-hydrogen) atoms. The van der Waals surface area contributed by atoms with E-state index < -0.39 is 11.6 Å². The van der Waals surface area contributed by atoms with E-state index in [4.69, 9.17) is 0 Å². The number of benzene rings is 1. The molecule has 0 saturated carbocycles. The minimum atomic E-state index is -0.569. The van der Waals surface area contributed by atoms with Crippen LogP contribution < -0.4 is 5.32 Å². The molecule has 3 rings (SSSR count). The highest BCUT2D eigenvalue weighted by Gasteiger charge is 2.19. The number of rotatable bonds is 2. The second-order valence-electron chi connectivity index (χ2n) is 4.38. The normalized spacial score (nSPS) is 19.3. The van der Waals surface area contributed by atoms with Crippen molar-refractivity contribution in [3.63, 3.8) is 0 Å². The Bertz CT molecular complexity index is 542. The number of nitrogens with zero attached hydrogens (tertiary/aromatic N) is 1. The molecule has 1 aliphatic rings. The Morgan fingerprint density at radius 2 is 2.00 bits per heavy atom. The number of hydrogen-bond acceptors (Lipinski definition) is 3. The zero-order valence-electron chi connectivity index (χ0n) is 9.62. The van der Waals surface area contributed by atoms with Crippen molar-refractivity contribution >= 4 is 11.3 Å². The Morgan fingerprint density at radius 3 is 2.67 bits per heavy atom. The Hall–Kier alpha value is -1.33. The lowest BCUT2D eigenvalue weighted by Gasteiger charge is -2.05. The predicted molar refractivity (Wildman–Crippen MR) is 67.4 cm³/mol. The standard InChI is InChI=1S/C13H12F2N2S/c14-9-4-8(5-10(15)6-9)13-17-12(7-18-13)11-2-1-3-16-11/h4-7,11,16H,1-3H2/t11-/m0/s1. The topological polar surface area (TPSA) is 24.9 Å². The van der Waals surface area contributed by atoms with Crippen molar-refractivity contribution in [3.05, 3.63) is 40.9 Å². The number of nitrogens with one attached hydrogen (secondary N) is 1. The van der Waals surface area contributed by atoms with Crippen LogP contribution in [0.1, 0.15) is 24.6 Å². The van der Waals surface area contributed by atoms with Gasteiger partial charge in [0.1, 0.15) is 16.6 Å². The molecule has 1 aromatic heterocycles. The van der Waals surface area contributed by atoms with Gasteiger partial charge in [0.25, 0.3) is 0 Å². The molecule has 0 spiro atoms. The van der Waals surface area contributed by atoms with Gasteiger partial charge in [-0.15, -0.1) is 11.3 Å². The third kappa shape index (κ3) is 2.28. The third-order valence-corrected chi connectivity index (χ3v) is 3.96. The molecule has 1 atom stereocenters. The maximum Gasteiger partial charge on any atom is 0.126 e. The van der Waals surface area contributed by atoms with Gasteiger partial charge < -0.3 is 5.32 Å². The van der Waals surface area contributed by atoms with Gasteiger partial charge in [0, 0.05) is 17.0 Å². The molecular formula is C13H12F2N2S. The highest BCUT2D eigenvalue weighted by atomic mass is 32.1. The van der Waals surface area contributed by atoms with Crippen LogP contribution in [0.2, 0.25) is 0 Å². The van der Waals surface area contributed by atoms with E-state index in [1.807, 2.05) is 5.38 Å². The average molecular weight is 266 g/mol. The van der Waals surface area contributed by atoms with Gasteiger partial charge in [-0.2, -0.15) is 0 Å². The smallest absolute Gasteiger partial charge is 0.126 e. The second-order valence-corrected chi connectivity index (χ2v) is 5.24. The fourth-order valence-corrected chi connectivity index (χ4v) is 3.05. The molecule has 1 aromatic carbocycles. The summed E-state index contributed by atoms with van der Waals surface area (Å²) in [6, 6.07) is 3.78. The van der Waals surface area contributed by atoms with Gasteiger partial charge >= 0.3 is 0 Å². The van der Waals surface area contributed by atoms with Gasteiger partial charge in [-0.25, -0.2) is 13.8 Å². The summed E-state index contributed by atoms with van der Waals surface area (Å²) in [4.78, 5) is 4.47. The summed E-state index contributed by atoms with van der Waals surface area (Å²) in [5, 5.41) is 5.98. The van der Waals surface area contributed by atoms with Gasteiger partial charge in [0.15, 0.2) is 0 Å². The Kier molecular flexibility index (Phi) is 3.09. The maximum absolute atomic E-state index is 13.1. The molecule has 0 unspecified atom stereocenters. The van der Waals surface area contributed by atoms with Crippen LogP contribution in [0.15, 0.2) is 23.6 Å². The average Bonchev–Trinajstić information content (AvgIpc) is 2.99. The second kappa shape index (κ2) is 4.74. The summed E-state index contributed by atoms with van der Waals surface area (Å²) in [6.07, 6.45) is 2.22. The summed E-state index contributed by atoms with van der Waals surface area (Å²) < 4.78 is 26.3. The molecule has 0 amide bonds. The Morgan fingerprint density at radius 1 is 1.22 bits per heavy atom. The summed E-state index contributed by atoms with van der Waals surface area (Å²) in [5.41, 5.74) is 1.47. The van der Waals surface area contributed by atoms with E-state index in [1.54, 1.807) is 0 Å². The van der Waals surface area contributed by atoms with E-state index in [1.165, 1.54) is 23.5 Å². The lowest BCUT2D eigenvalue weighted by molar-refractivity contribution is 0.584. The highest BCUT2D eigenvalue weighted by molar-refractivity contribution is 7.13. The minimum absolute atomic E-state index is 0.286. The summed E-state index contributed by atoms with van der Waals surface area (Å²) in [5.74, 6) is -1.14. The zero-order chi connectivity index (χ0) is 12.5. The van der Waals surface area contributed by atoms with Crippen LogP contribution in [0.25, 0.3) is 10.6 Å². The summed E-state index contributed by atoms with van der Waals surface area (Å²) >= 11 is 1.42. The molecule has 2 heterocycles. The van der Waals surface area contributed by atoms with Crippen LogP contribution in [-0.4, -0.2) is 11.5 Å². The number of hydrogen-bond donors (Lipinski definition) is 1. The number of halogens is 2. The fraction of sp³-hybridized carbons (Fsp3) is 0.308. The molecule has 0 bridgehead atoms. The maximum atomic E-state index is 13.1. The van der Waals surface area contributed by atoms with Gasteiger partial charge in [-0.1, -0.05) is 0 Å². The predicted octanol–water partition coefficient (Wildman–Crippen LogP) is 3.51. The number of thiazole rings is 1. The van der Waals surface area contributed by atoms with Crippen LogP contribution in [0.3, 0.4) is 0 Å². The van der Waals surface area contributed by atoms with Crippen molar-refractivity contribution in [2.45, 2.75) is 18.9 Å². The zero-order valence-corrected chi connectivity index (χ0v) is 10.4. The first kappa shape index (κ1) is 11.7. The van der Waals surface area contributed by atoms with E-state index in [0.717, 1.165) is 31.1 Å². The van der Waals surface area contributed by atoms with Crippen molar-refractivity contribution in [1.82, 2.24) is 10.3 Å². The van der Waals surface area contributed by atoms with Crippen LogP contribution in [-0.2, 0) is 0 Å². The quantitative estimate of drug-likeness (QED) is 0.899. The van der Waals surface area contributed by atoms with Crippen molar-refractivity contribution in [1.29, 1.82) is 0 Å². The highest BCUT2D eigenvalue weighted by Crippen LogP contribution is 2.30. The van der Waals surface area contributed by atoms with Crippen LogP contribution in [0.4, 0.5) is 8.78 Å². The van der Waals surface area contributed by atoms with E-state index in [2.05, 4.69) is 10.3 Å². The first-order chi connectivity index (χ1) is 8.72. The molecule has 0 aliphatic carbocycles. The monoisotopic (exact) mass is 266 g/mol. The molecule has 1 fully saturated rings. The SMILES string of the molecule is Fc1cc(F)cc(-c2nc([C@@H]3CCCN3)cs2)c1. The van der Waals surface area contributed by atoms with E-state index in [0.29, 0.717) is 10.6 Å². The lowest BCUT2D eigenvalue weighted by atomic mass is 10.2. The van der Waals surface area contributed by atoms with Gasteiger partial charge in [0.05, 0.1) is 11.7 Å². The first-order valence-corrected chi connectivity index (χ1v) is 6.75. The molecule has 2 nitrogen and oxygen atoms in total. The Balaban J connectivity index is 1.92. The van der Waals surface area contributed by atoms with Gasteiger partial charge in [0.2, 0.25) is 0 Å². The molecule has 0 radical (unpaired) electrons. The molecular weight excluding hydrogens is 254 g/mol. The van der Waals surface area contributed by atoms with Gasteiger partial charge in [-0.05, 0) is 31.5 Å². The van der Waals surface area contributed by atoms with Crippen molar-refractivity contribution in [3.8, 4) is 10.6 Å². The van der Waals surface area contributed by atoms with Crippen LogP contribution in [0.5, 0.6) is 0 Å². The summed E-state index contributed by atoms with van der Waals surface area (Å²) in [6.45, 7) is 1.01. The van der Waals surface area contributed by atoms with Crippen molar-refractivity contribution in [2.75, 3.05) is 6.54 Å². The largest absolute Gasteiger partial charge is 0.309 e. The minimum Gasteiger partial charge on any atom is -0.309 e. The first-order valence-electron chi connectivity index (χ1n) is 5.87. The van der Waals surface area contributed by atoms with E-state index >= 15 is 0 Å². The summed E-state index contributed by atoms with van der Waals surface area (Å²) in [7, 11) is 0. The van der Waals surface area contributed by atoms with Crippen molar-refractivity contribution in [2.24, 2.45) is 0 Å². The third-order valence-electron chi connectivity index (χ3n) is 3.05. The van der Waals surface area contributed by atoms with E-state index in [-0.39, 0.29) is 6.04 Å². The Labute approximate surface area is 108 Å². The van der Waals surface area contributed by atoms with Crippen molar-refractivity contribution < 1.29 is 8.78 Å². The van der Waals surface area contributed by atoms with Crippen LogP contribution in [0, 0.1) is 11.6 Å². The van der Waals surface area contributed by atoms with Gasteiger partial charge in [-0.3, -0.25) is 0 Å². The molecule has 1 N–H and O–H groups in total. The fourth-order valence-electron chi connectivity index (χ4n) is 2.19. The van der Waals surface area contributed by atoms with Crippen LogP contribution >= 0.6 is 11.3 Å². The molecule has 94 valence electrons.